The molecule has 0 saturated heterocycles. The molecule has 0 atom stereocenters. The van der Waals surface area contributed by atoms with Crippen molar-refractivity contribution in [3.63, 3.8) is 0 Å². The highest BCUT2D eigenvalue weighted by Crippen LogP contribution is 2.37. The van der Waals surface area contributed by atoms with Gasteiger partial charge in [-0.2, -0.15) is 18.3 Å². The molecule has 5 rings (SSSR count). The highest BCUT2D eigenvalue weighted by atomic mass is 19.4. The number of nitrogens with one attached hydrogen (secondary N) is 1. The molecular formula is C29H23F4N5O5. The minimum Gasteiger partial charge on any atom is -0.493 e. The van der Waals surface area contributed by atoms with Crippen LogP contribution < -0.4 is 24.3 Å². The average Bonchev–Trinajstić information content (AvgIpc) is 3.41. The lowest BCUT2D eigenvalue weighted by molar-refractivity contribution is -0.137. The van der Waals surface area contributed by atoms with Gasteiger partial charge in [-0.25, -0.2) is 14.1 Å². The summed E-state index contributed by atoms with van der Waals surface area (Å²) >= 11 is 0. The zero-order valence-corrected chi connectivity index (χ0v) is 22.9. The Balaban J connectivity index is 1.35. The number of ether oxygens (including phenoxy) is 4. The van der Waals surface area contributed by atoms with Crippen LogP contribution in [-0.2, 0) is 6.18 Å². The van der Waals surface area contributed by atoms with E-state index in [1.165, 1.54) is 32.7 Å². The third-order valence-corrected chi connectivity index (χ3v) is 6.13. The van der Waals surface area contributed by atoms with Gasteiger partial charge >= 0.3 is 6.18 Å². The zero-order chi connectivity index (χ0) is 30.7. The number of halogens is 4. The number of anilines is 1. The summed E-state index contributed by atoms with van der Waals surface area (Å²) in [5.74, 6) is 0.0735. The highest BCUT2D eigenvalue weighted by molar-refractivity contribution is 6.04. The van der Waals surface area contributed by atoms with Crippen molar-refractivity contribution in [3.05, 3.63) is 84.2 Å². The van der Waals surface area contributed by atoms with Crippen molar-refractivity contribution in [1.29, 1.82) is 0 Å². The fourth-order valence-corrected chi connectivity index (χ4v) is 4.12. The Morgan fingerprint density at radius 2 is 1.72 bits per heavy atom. The molecule has 222 valence electrons. The van der Waals surface area contributed by atoms with E-state index in [-0.39, 0.29) is 29.6 Å². The van der Waals surface area contributed by atoms with E-state index in [1.54, 1.807) is 37.4 Å². The minimum atomic E-state index is -4.72. The quantitative estimate of drug-likeness (QED) is 0.194. The van der Waals surface area contributed by atoms with Gasteiger partial charge in [0.1, 0.15) is 28.8 Å². The number of fused-ring (bicyclic) bond motifs is 1. The number of carbonyl (C=O) groups is 1. The molecule has 43 heavy (non-hydrogen) atoms. The number of rotatable bonds is 9. The summed E-state index contributed by atoms with van der Waals surface area (Å²) in [4.78, 5) is 21.6. The van der Waals surface area contributed by atoms with Crippen LogP contribution in [0.3, 0.4) is 0 Å². The van der Waals surface area contributed by atoms with E-state index in [2.05, 4.69) is 20.4 Å². The summed E-state index contributed by atoms with van der Waals surface area (Å²) in [6.07, 6.45) is -0.538. The van der Waals surface area contributed by atoms with E-state index in [4.69, 9.17) is 18.9 Å². The lowest BCUT2D eigenvalue weighted by Crippen LogP contribution is -2.15. The van der Waals surface area contributed by atoms with Crippen LogP contribution in [0, 0.1) is 5.82 Å². The minimum absolute atomic E-state index is 0.00382. The molecule has 0 aliphatic heterocycles. The number of pyridine rings is 2. The van der Waals surface area contributed by atoms with Crippen LogP contribution in [0.5, 0.6) is 28.7 Å². The number of alkyl halides is 3. The van der Waals surface area contributed by atoms with Crippen molar-refractivity contribution in [2.45, 2.75) is 13.1 Å². The normalized spacial score (nSPS) is 11.3. The SMILES string of the molecule is CCOc1cn(-c2ccc(C(F)(F)F)cc2F)nc1C(=O)Nc1ccc(Oc2ccnc3cc(OC)c(OC)cc23)cn1. The molecule has 0 fully saturated rings. The van der Waals surface area contributed by atoms with Crippen LogP contribution in [0.25, 0.3) is 16.6 Å². The Kier molecular flexibility index (Phi) is 8.01. The molecule has 5 aromatic rings. The monoisotopic (exact) mass is 597 g/mol. The van der Waals surface area contributed by atoms with Crippen LogP contribution in [0.1, 0.15) is 23.0 Å². The van der Waals surface area contributed by atoms with E-state index < -0.39 is 23.5 Å². The van der Waals surface area contributed by atoms with Gasteiger partial charge in [0.05, 0.1) is 44.3 Å². The van der Waals surface area contributed by atoms with Crippen molar-refractivity contribution < 1.29 is 41.3 Å². The number of amides is 1. The molecule has 0 spiro atoms. The predicted molar refractivity (Wildman–Crippen MR) is 147 cm³/mol. The largest absolute Gasteiger partial charge is 0.493 e. The molecule has 14 heteroatoms. The summed E-state index contributed by atoms with van der Waals surface area (Å²) in [5.41, 5.74) is -1.06. The first-order valence-electron chi connectivity index (χ1n) is 12.7. The molecule has 1 N–H and O–H groups in total. The number of hydrogen-bond donors (Lipinski definition) is 1. The van der Waals surface area contributed by atoms with Gasteiger partial charge in [-0.05, 0) is 49.4 Å². The molecular weight excluding hydrogens is 574 g/mol. The Labute approximate surface area is 241 Å². The Morgan fingerprint density at radius 3 is 2.37 bits per heavy atom. The summed E-state index contributed by atoms with van der Waals surface area (Å²) in [6, 6.07) is 10.2. The van der Waals surface area contributed by atoms with Crippen LogP contribution in [0.2, 0.25) is 0 Å². The molecule has 3 aromatic heterocycles. The van der Waals surface area contributed by atoms with Gasteiger partial charge in [0.15, 0.2) is 22.9 Å². The van der Waals surface area contributed by atoms with Crippen LogP contribution in [0.4, 0.5) is 23.4 Å². The topological polar surface area (TPSA) is 110 Å². The second-order valence-electron chi connectivity index (χ2n) is 8.85. The fourth-order valence-electron chi connectivity index (χ4n) is 4.12. The second kappa shape index (κ2) is 11.8. The molecule has 1 amide bonds. The van der Waals surface area contributed by atoms with E-state index in [0.29, 0.717) is 40.0 Å². The lowest BCUT2D eigenvalue weighted by Gasteiger charge is -2.12. The van der Waals surface area contributed by atoms with E-state index in [0.717, 1.165) is 16.8 Å². The average molecular weight is 598 g/mol. The third-order valence-electron chi connectivity index (χ3n) is 6.13. The molecule has 2 aromatic carbocycles. The van der Waals surface area contributed by atoms with Gasteiger partial charge < -0.3 is 24.3 Å². The highest BCUT2D eigenvalue weighted by Gasteiger charge is 2.31. The molecule has 0 radical (unpaired) electrons. The number of hydrogen-bond acceptors (Lipinski definition) is 8. The first kappa shape index (κ1) is 29.1. The first-order valence-corrected chi connectivity index (χ1v) is 12.7. The fraction of sp³-hybridized carbons (Fsp3) is 0.172. The van der Waals surface area contributed by atoms with Gasteiger partial charge in [0.2, 0.25) is 0 Å². The Bertz CT molecular complexity index is 1790. The zero-order valence-electron chi connectivity index (χ0n) is 22.9. The van der Waals surface area contributed by atoms with Gasteiger partial charge in [0.25, 0.3) is 5.91 Å². The number of aromatic nitrogens is 4. The number of benzene rings is 2. The van der Waals surface area contributed by atoms with Gasteiger partial charge in [-0.1, -0.05) is 0 Å². The molecule has 10 nitrogen and oxygen atoms in total. The summed E-state index contributed by atoms with van der Waals surface area (Å²) in [6.45, 7) is 1.81. The Morgan fingerprint density at radius 1 is 0.953 bits per heavy atom. The van der Waals surface area contributed by atoms with E-state index in [9.17, 15) is 22.4 Å². The summed E-state index contributed by atoms with van der Waals surface area (Å²) in [7, 11) is 3.05. The molecule has 3 heterocycles. The number of carbonyl (C=O) groups excluding carboxylic acids is 1. The maximum absolute atomic E-state index is 14.6. The Hall–Kier alpha value is -5.40. The van der Waals surface area contributed by atoms with E-state index in [1.807, 2.05) is 0 Å². The maximum atomic E-state index is 14.6. The standard InChI is InChI=1S/C29H23F4N5O5/c1-4-42-25-15-38(21-7-5-16(11-19(21)30)29(31,32)33)37-27(25)28(39)36-26-8-6-17(14-35-26)43-22-9-10-34-20-13-24(41-3)23(40-2)12-18(20)22/h5-15H,4H2,1-3H3,(H,35,36,39). The van der Waals surface area contributed by atoms with Gasteiger partial charge in [-0.15, -0.1) is 0 Å². The van der Waals surface area contributed by atoms with Crippen molar-refractivity contribution in [3.8, 4) is 34.4 Å². The first-order chi connectivity index (χ1) is 20.6. The van der Waals surface area contributed by atoms with Crippen molar-refractivity contribution in [2.75, 3.05) is 26.1 Å². The van der Waals surface area contributed by atoms with Crippen molar-refractivity contribution in [1.82, 2.24) is 19.7 Å². The third kappa shape index (κ3) is 6.12. The lowest BCUT2D eigenvalue weighted by atomic mass is 10.2. The molecule has 0 aliphatic carbocycles. The predicted octanol–water partition coefficient (Wildman–Crippen LogP) is 6.43. The molecule has 0 unspecified atom stereocenters. The smallest absolute Gasteiger partial charge is 0.416 e. The van der Waals surface area contributed by atoms with Crippen molar-refractivity contribution >= 4 is 22.6 Å². The van der Waals surface area contributed by atoms with Crippen molar-refractivity contribution in [2.24, 2.45) is 0 Å². The summed E-state index contributed by atoms with van der Waals surface area (Å²) in [5, 5.41) is 7.29. The maximum Gasteiger partial charge on any atom is 0.416 e. The summed E-state index contributed by atoms with van der Waals surface area (Å²) < 4.78 is 76.5. The number of nitrogens with zero attached hydrogens (tertiary/aromatic N) is 4. The van der Waals surface area contributed by atoms with E-state index >= 15 is 0 Å². The van der Waals surface area contributed by atoms with Crippen LogP contribution >= 0.6 is 0 Å². The van der Waals surface area contributed by atoms with Crippen LogP contribution in [0.15, 0.2) is 67.1 Å². The van der Waals surface area contributed by atoms with Gasteiger partial charge in [-0.3, -0.25) is 9.78 Å². The number of methoxy groups -OCH3 is 2. The molecule has 0 aliphatic rings. The second-order valence-corrected chi connectivity index (χ2v) is 8.85. The van der Waals surface area contributed by atoms with Gasteiger partial charge in [0, 0.05) is 17.6 Å². The van der Waals surface area contributed by atoms with Crippen LogP contribution in [-0.4, -0.2) is 46.5 Å². The molecule has 0 saturated carbocycles. The molecule has 0 bridgehead atoms.